The number of amides is 2. The highest BCUT2D eigenvalue weighted by Crippen LogP contribution is 2.18. The van der Waals surface area contributed by atoms with Gasteiger partial charge in [0.1, 0.15) is 12.1 Å². The van der Waals surface area contributed by atoms with Gasteiger partial charge < -0.3 is 14.7 Å². The summed E-state index contributed by atoms with van der Waals surface area (Å²) in [6.45, 7) is 3.77. The van der Waals surface area contributed by atoms with E-state index in [1.165, 1.54) is 9.80 Å². The molecule has 0 bridgehead atoms. The van der Waals surface area contributed by atoms with Crippen LogP contribution in [0.1, 0.15) is 25.8 Å². The van der Waals surface area contributed by atoms with Gasteiger partial charge in [-0.1, -0.05) is 30.3 Å². The molecule has 1 heterocycles. The Kier molecular flexibility index (Phi) is 7.18. The summed E-state index contributed by atoms with van der Waals surface area (Å²) in [4.78, 5) is 38.8. The molecular weight excluding hydrogens is 350 g/mol. The molecule has 2 rings (SSSR count). The number of carbonyl (C=O) groups excluding carboxylic acids is 2. The molecule has 1 saturated heterocycles. The van der Waals surface area contributed by atoms with E-state index in [-0.39, 0.29) is 19.2 Å². The van der Waals surface area contributed by atoms with Crippen LogP contribution in [0.2, 0.25) is 0 Å². The first-order valence-electron chi connectivity index (χ1n) is 9.08. The zero-order valence-corrected chi connectivity index (χ0v) is 15.9. The Morgan fingerprint density at radius 2 is 2.00 bits per heavy atom. The second kappa shape index (κ2) is 9.36. The van der Waals surface area contributed by atoms with Crippen molar-refractivity contribution in [2.24, 2.45) is 0 Å². The fourth-order valence-corrected chi connectivity index (χ4v) is 3.23. The lowest BCUT2D eigenvalue weighted by Crippen LogP contribution is -2.55. The quantitative estimate of drug-likeness (QED) is 0.630. The van der Waals surface area contributed by atoms with Crippen molar-refractivity contribution in [1.29, 1.82) is 0 Å². The number of aliphatic carboxylic acids is 1. The molecule has 8 heteroatoms. The molecule has 2 amide bonds. The van der Waals surface area contributed by atoms with Gasteiger partial charge in [-0.3, -0.25) is 15.0 Å². The Labute approximate surface area is 159 Å². The molecule has 8 nitrogen and oxygen atoms in total. The van der Waals surface area contributed by atoms with Crippen molar-refractivity contribution in [2.75, 3.05) is 20.2 Å². The number of nitrogens with zero attached hydrogens (tertiary/aromatic N) is 2. The molecule has 0 aromatic heterocycles. The third-order valence-corrected chi connectivity index (χ3v) is 4.61. The number of aryl methyl sites for hydroxylation is 1. The van der Waals surface area contributed by atoms with Crippen LogP contribution in [0.15, 0.2) is 30.3 Å². The van der Waals surface area contributed by atoms with Gasteiger partial charge in [0.25, 0.3) is 0 Å². The van der Waals surface area contributed by atoms with Crippen molar-refractivity contribution in [2.45, 2.75) is 44.9 Å². The number of carbonyl (C=O) groups is 3. The van der Waals surface area contributed by atoms with Gasteiger partial charge in [0.2, 0.25) is 0 Å². The highest BCUT2D eigenvalue weighted by molar-refractivity contribution is 5.86. The number of hydrogen-bond acceptors (Lipinski definition) is 5. The fraction of sp³-hybridized carbons (Fsp3) is 0.526. The van der Waals surface area contributed by atoms with E-state index < -0.39 is 30.2 Å². The van der Waals surface area contributed by atoms with Crippen LogP contribution in [0.4, 0.5) is 4.79 Å². The number of urea groups is 1. The third kappa shape index (κ3) is 5.19. The Hall–Kier alpha value is -2.61. The summed E-state index contributed by atoms with van der Waals surface area (Å²) in [6.07, 6.45) is 0.497. The van der Waals surface area contributed by atoms with E-state index in [9.17, 15) is 19.5 Å². The zero-order valence-electron chi connectivity index (χ0n) is 15.9. The summed E-state index contributed by atoms with van der Waals surface area (Å²) in [5.74, 6) is -1.48. The molecule has 0 saturated carbocycles. The van der Waals surface area contributed by atoms with Gasteiger partial charge >= 0.3 is 18.0 Å². The molecule has 1 aliphatic rings. The maximum Gasteiger partial charge on any atom is 0.328 e. The molecule has 0 spiro atoms. The highest BCUT2D eigenvalue weighted by atomic mass is 16.5. The number of hydrogen-bond donors (Lipinski definition) is 2. The maximum atomic E-state index is 12.4. The predicted octanol–water partition coefficient (Wildman–Crippen LogP) is 1.31. The summed E-state index contributed by atoms with van der Waals surface area (Å²) >= 11 is 0. The molecule has 2 N–H and O–H groups in total. The van der Waals surface area contributed by atoms with E-state index in [4.69, 9.17) is 4.74 Å². The average molecular weight is 377 g/mol. The number of esters is 1. The number of nitrogens with one attached hydrogen (secondary N) is 1. The Balaban J connectivity index is 2.09. The molecule has 0 radical (unpaired) electrons. The number of benzene rings is 1. The van der Waals surface area contributed by atoms with Gasteiger partial charge in [-0.05, 0) is 32.3 Å². The van der Waals surface area contributed by atoms with E-state index in [1.807, 2.05) is 30.3 Å². The maximum absolute atomic E-state index is 12.4. The second-order valence-electron chi connectivity index (χ2n) is 6.60. The zero-order chi connectivity index (χ0) is 20.0. The Morgan fingerprint density at radius 1 is 1.33 bits per heavy atom. The molecule has 1 unspecified atom stereocenters. The third-order valence-electron chi connectivity index (χ3n) is 4.61. The smallest absolute Gasteiger partial charge is 0.328 e. The average Bonchev–Trinajstić information content (AvgIpc) is 2.95. The second-order valence-corrected chi connectivity index (χ2v) is 6.60. The molecule has 27 heavy (non-hydrogen) atoms. The fourth-order valence-electron chi connectivity index (χ4n) is 3.23. The van der Waals surface area contributed by atoms with Gasteiger partial charge in [-0.25, -0.2) is 9.59 Å². The highest BCUT2D eigenvalue weighted by Gasteiger charge is 2.43. The Morgan fingerprint density at radius 3 is 2.59 bits per heavy atom. The lowest BCUT2D eigenvalue weighted by atomic mass is 10.0. The topological polar surface area (TPSA) is 99.2 Å². The lowest BCUT2D eigenvalue weighted by molar-refractivity contribution is -0.146. The van der Waals surface area contributed by atoms with Crippen molar-refractivity contribution < 1.29 is 24.2 Å². The minimum atomic E-state index is -1.07. The molecule has 1 aliphatic heterocycles. The monoisotopic (exact) mass is 377 g/mol. The largest absolute Gasteiger partial charge is 0.480 e. The molecule has 1 aromatic carbocycles. The first-order valence-corrected chi connectivity index (χ1v) is 9.08. The van der Waals surface area contributed by atoms with Crippen LogP contribution in [-0.4, -0.2) is 71.3 Å². The predicted molar refractivity (Wildman–Crippen MR) is 99.1 cm³/mol. The van der Waals surface area contributed by atoms with E-state index in [2.05, 4.69) is 5.32 Å². The van der Waals surface area contributed by atoms with Crippen molar-refractivity contribution in [3.8, 4) is 0 Å². The first-order chi connectivity index (χ1) is 12.8. The lowest BCUT2D eigenvalue weighted by Gasteiger charge is -2.31. The van der Waals surface area contributed by atoms with Crippen molar-refractivity contribution in [1.82, 2.24) is 15.1 Å². The van der Waals surface area contributed by atoms with Crippen LogP contribution in [0.3, 0.4) is 0 Å². The summed E-state index contributed by atoms with van der Waals surface area (Å²) in [6, 6.07) is 7.76. The summed E-state index contributed by atoms with van der Waals surface area (Å²) in [5, 5.41) is 12.5. The number of ether oxygens (including phenoxy) is 1. The number of likely N-dealkylation sites (N-methyl/N-ethyl adjacent to an activating group) is 1. The molecule has 0 aliphatic carbocycles. The molecule has 1 aromatic rings. The van der Waals surface area contributed by atoms with Crippen molar-refractivity contribution in [3.05, 3.63) is 35.9 Å². The molecule has 3 atom stereocenters. The van der Waals surface area contributed by atoms with Gasteiger partial charge in [0.15, 0.2) is 0 Å². The number of carboxylic acids is 1. The summed E-state index contributed by atoms with van der Waals surface area (Å²) in [5.41, 5.74) is 1.08. The van der Waals surface area contributed by atoms with Gasteiger partial charge in [-0.2, -0.15) is 0 Å². The van der Waals surface area contributed by atoms with Crippen LogP contribution < -0.4 is 5.32 Å². The SMILES string of the molecule is CCOC(=O)[C@H](CCc1ccccc1)N[C@@H](C)N1C(=O)N(C)CC1C(=O)O. The summed E-state index contributed by atoms with van der Waals surface area (Å²) in [7, 11) is 1.56. The molecular formula is C19H27N3O5. The van der Waals surface area contributed by atoms with Crippen LogP contribution >= 0.6 is 0 Å². The minimum Gasteiger partial charge on any atom is -0.480 e. The molecule has 148 valence electrons. The van der Waals surface area contributed by atoms with Crippen molar-refractivity contribution >= 4 is 18.0 Å². The summed E-state index contributed by atoms with van der Waals surface area (Å²) < 4.78 is 5.15. The van der Waals surface area contributed by atoms with E-state index in [0.29, 0.717) is 12.8 Å². The number of rotatable bonds is 9. The van der Waals surface area contributed by atoms with Gasteiger partial charge in [0, 0.05) is 7.05 Å². The van der Waals surface area contributed by atoms with Crippen molar-refractivity contribution in [3.63, 3.8) is 0 Å². The standard InChI is InChI=1S/C19H27N3O5/c1-4-27-18(25)15(11-10-14-8-6-5-7-9-14)20-13(2)22-16(17(23)24)12-21(3)19(22)26/h5-9,13,15-16,20H,4,10-12H2,1-3H3,(H,23,24)/t13-,15+,16?/m1/s1. The van der Waals surface area contributed by atoms with Gasteiger partial charge in [0.05, 0.1) is 19.3 Å². The van der Waals surface area contributed by atoms with Gasteiger partial charge in [-0.15, -0.1) is 0 Å². The van der Waals surface area contributed by atoms with E-state index >= 15 is 0 Å². The normalized spacial score (nSPS) is 19.1. The number of carboxylic acid groups (broad SMARTS) is 1. The minimum absolute atomic E-state index is 0.105. The van der Waals surface area contributed by atoms with E-state index in [0.717, 1.165) is 5.56 Å². The Bertz CT molecular complexity index is 667. The first kappa shape index (κ1) is 20.7. The van der Waals surface area contributed by atoms with Crippen LogP contribution in [0.5, 0.6) is 0 Å². The van der Waals surface area contributed by atoms with Crippen LogP contribution in [-0.2, 0) is 20.7 Å². The van der Waals surface area contributed by atoms with Crippen LogP contribution in [0, 0.1) is 0 Å². The van der Waals surface area contributed by atoms with E-state index in [1.54, 1.807) is 20.9 Å². The van der Waals surface area contributed by atoms with Crippen LogP contribution in [0.25, 0.3) is 0 Å². The molecule has 1 fully saturated rings.